The molecule has 0 saturated carbocycles. The van der Waals surface area contributed by atoms with Gasteiger partial charge in [0.1, 0.15) is 35.1 Å². The van der Waals surface area contributed by atoms with Crippen LogP contribution < -0.4 is 15.8 Å². The van der Waals surface area contributed by atoms with Crippen LogP contribution in [0.1, 0.15) is 31.9 Å². The number of benzene rings is 1. The fourth-order valence-corrected chi connectivity index (χ4v) is 5.20. The van der Waals surface area contributed by atoms with Crippen molar-refractivity contribution >= 4 is 40.6 Å². The van der Waals surface area contributed by atoms with E-state index < -0.39 is 35.6 Å². The van der Waals surface area contributed by atoms with Crippen molar-refractivity contribution in [3.05, 3.63) is 53.9 Å². The highest BCUT2D eigenvalue weighted by Gasteiger charge is 2.38. The zero-order valence-electron chi connectivity index (χ0n) is 21.2. The van der Waals surface area contributed by atoms with E-state index >= 15 is 0 Å². The van der Waals surface area contributed by atoms with Crippen LogP contribution in [0, 0.1) is 11.3 Å². The average Bonchev–Trinajstić information content (AvgIpc) is 3.50. The summed E-state index contributed by atoms with van der Waals surface area (Å²) in [5.41, 5.74) is 6.55. The zero-order valence-corrected chi connectivity index (χ0v) is 22.0. The van der Waals surface area contributed by atoms with Gasteiger partial charge >= 0.3 is 6.09 Å². The Morgan fingerprint density at radius 2 is 2.13 bits per heavy atom. The van der Waals surface area contributed by atoms with E-state index in [1.165, 1.54) is 22.9 Å². The molecule has 0 bridgehead atoms. The van der Waals surface area contributed by atoms with Gasteiger partial charge in [-0.05, 0) is 56.7 Å². The number of carbonyl (C=O) groups excluding carboxylic acids is 3. The summed E-state index contributed by atoms with van der Waals surface area (Å²) in [4.78, 5) is 46.8. The Labute approximate surface area is 223 Å². The van der Waals surface area contributed by atoms with Gasteiger partial charge < -0.3 is 30.4 Å². The van der Waals surface area contributed by atoms with Crippen LogP contribution >= 0.6 is 11.8 Å². The van der Waals surface area contributed by atoms with Crippen molar-refractivity contribution < 1.29 is 23.9 Å². The molecule has 0 unspecified atom stereocenters. The molecule has 12 heteroatoms. The predicted molar refractivity (Wildman–Crippen MR) is 141 cm³/mol. The molecule has 2 atom stereocenters. The lowest BCUT2D eigenvalue weighted by Crippen LogP contribution is -2.54. The van der Waals surface area contributed by atoms with Crippen LogP contribution in [0.15, 0.2) is 42.7 Å². The second-order valence-electron chi connectivity index (χ2n) is 9.72. The lowest BCUT2D eigenvalue weighted by molar-refractivity contribution is -0.138. The molecule has 0 aliphatic carbocycles. The van der Waals surface area contributed by atoms with Crippen molar-refractivity contribution in [1.82, 2.24) is 20.2 Å². The highest BCUT2D eigenvalue weighted by molar-refractivity contribution is 7.99. The van der Waals surface area contributed by atoms with E-state index in [4.69, 9.17) is 15.2 Å². The van der Waals surface area contributed by atoms with E-state index in [2.05, 4.69) is 15.3 Å². The van der Waals surface area contributed by atoms with Gasteiger partial charge in [0.2, 0.25) is 17.7 Å². The SMILES string of the molecule is CC(C)(C)OC(=O)N[C@@H](Cc1c[nH]c2ccc(Oc3ncccc3C#N)cc12)C(=O)N1CSC[C@@H]1C(N)=O. The number of amides is 3. The summed E-state index contributed by atoms with van der Waals surface area (Å²) in [5.74, 6) is 0.275. The molecule has 1 saturated heterocycles. The third-order valence-corrected chi connectivity index (χ3v) is 6.76. The van der Waals surface area contributed by atoms with E-state index in [-0.39, 0.29) is 18.2 Å². The number of aromatic nitrogens is 2. The minimum atomic E-state index is -1.02. The number of hydrogen-bond acceptors (Lipinski definition) is 8. The smallest absolute Gasteiger partial charge is 0.408 e. The average molecular weight is 537 g/mol. The number of nitrogens with two attached hydrogens (primary N) is 1. The third kappa shape index (κ3) is 6.18. The summed E-state index contributed by atoms with van der Waals surface area (Å²) in [5, 5.41) is 12.8. The summed E-state index contributed by atoms with van der Waals surface area (Å²) in [6.45, 7) is 5.18. The molecule has 1 fully saturated rings. The fraction of sp³-hybridized carbons (Fsp3) is 0.346. The lowest BCUT2D eigenvalue weighted by Gasteiger charge is -2.28. The van der Waals surface area contributed by atoms with Crippen LogP contribution in [0.2, 0.25) is 0 Å². The van der Waals surface area contributed by atoms with Crippen molar-refractivity contribution in [3.63, 3.8) is 0 Å². The molecule has 2 aromatic heterocycles. The second-order valence-corrected chi connectivity index (χ2v) is 10.7. The number of hydrogen-bond donors (Lipinski definition) is 3. The van der Waals surface area contributed by atoms with Gasteiger partial charge in [-0.3, -0.25) is 9.59 Å². The Balaban J connectivity index is 1.63. The highest BCUT2D eigenvalue weighted by Crippen LogP contribution is 2.29. The number of fused-ring (bicyclic) bond motifs is 1. The maximum Gasteiger partial charge on any atom is 0.408 e. The molecule has 4 rings (SSSR count). The van der Waals surface area contributed by atoms with Gasteiger partial charge in [-0.25, -0.2) is 9.78 Å². The van der Waals surface area contributed by atoms with Crippen LogP contribution in [0.4, 0.5) is 4.79 Å². The maximum atomic E-state index is 13.6. The number of thioether (sulfide) groups is 1. The number of pyridine rings is 1. The van der Waals surface area contributed by atoms with Gasteiger partial charge in [0.25, 0.3) is 0 Å². The number of carbonyl (C=O) groups is 3. The third-order valence-electron chi connectivity index (χ3n) is 5.75. The van der Waals surface area contributed by atoms with Gasteiger partial charge in [0.15, 0.2) is 0 Å². The summed E-state index contributed by atoms with van der Waals surface area (Å²) < 4.78 is 11.3. The molecule has 38 heavy (non-hydrogen) atoms. The largest absolute Gasteiger partial charge is 0.444 e. The van der Waals surface area contributed by atoms with Gasteiger partial charge in [-0.15, -0.1) is 11.8 Å². The molecule has 11 nitrogen and oxygen atoms in total. The van der Waals surface area contributed by atoms with E-state index in [0.717, 1.165) is 16.5 Å². The molecule has 1 aromatic carbocycles. The number of ether oxygens (including phenoxy) is 2. The fourth-order valence-electron chi connectivity index (χ4n) is 4.02. The molecule has 198 valence electrons. The summed E-state index contributed by atoms with van der Waals surface area (Å²) in [6, 6.07) is 8.84. The normalized spacial score (nSPS) is 16.1. The molecule has 3 amide bonds. The predicted octanol–water partition coefficient (Wildman–Crippen LogP) is 3.05. The molecule has 3 heterocycles. The zero-order chi connectivity index (χ0) is 27.4. The summed E-state index contributed by atoms with van der Waals surface area (Å²) in [6.07, 6.45) is 2.64. The first kappa shape index (κ1) is 26.8. The monoisotopic (exact) mass is 536 g/mol. The molecule has 0 spiro atoms. The summed E-state index contributed by atoms with van der Waals surface area (Å²) >= 11 is 1.42. The number of nitrogens with one attached hydrogen (secondary N) is 2. The Kier molecular flexibility index (Phi) is 7.78. The first-order valence-electron chi connectivity index (χ1n) is 11.9. The minimum absolute atomic E-state index is 0.112. The van der Waals surface area contributed by atoms with Gasteiger partial charge in [0.05, 0.1) is 5.88 Å². The number of alkyl carbamates (subject to hydrolysis) is 1. The first-order chi connectivity index (χ1) is 18.1. The highest BCUT2D eigenvalue weighted by atomic mass is 32.2. The Morgan fingerprint density at radius 3 is 2.84 bits per heavy atom. The lowest BCUT2D eigenvalue weighted by atomic mass is 10.0. The Morgan fingerprint density at radius 1 is 1.34 bits per heavy atom. The number of aromatic amines is 1. The van der Waals surface area contributed by atoms with Crippen molar-refractivity contribution in [1.29, 1.82) is 5.26 Å². The summed E-state index contributed by atoms with van der Waals surface area (Å²) in [7, 11) is 0. The molecular formula is C26H28N6O5S. The molecule has 1 aliphatic heterocycles. The van der Waals surface area contributed by atoms with Gasteiger partial charge in [0, 0.05) is 35.5 Å². The van der Waals surface area contributed by atoms with Crippen molar-refractivity contribution in [2.24, 2.45) is 5.73 Å². The standard InChI is InChI=1S/C26H28N6O5S/c1-26(2,3)37-25(35)31-20(24(34)32-14-38-13-21(32)22(28)33)9-16-12-30-19-7-6-17(10-18(16)19)36-23-15(11-27)5-4-8-29-23/h4-8,10,12,20-21,30H,9,13-14H2,1-3H3,(H2,28,33)(H,31,35)/t20-,21+/m0/s1. The van der Waals surface area contributed by atoms with Crippen LogP contribution in [0.5, 0.6) is 11.6 Å². The van der Waals surface area contributed by atoms with E-state index in [0.29, 0.717) is 17.1 Å². The molecule has 4 N–H and O–H groups in total. The van der Waals surface area contributed by atoms with Crippen molar-refractivity contribution in [2.45, 2.75) is 44.9 Å². The number of nitriles is 1. The topological polar surface area (TPSA) is 163 Å². The first-order valence-corrected chi connectivity index (χ1v) is 13.0. The van der Waals surface area contributed by atoms with Crippen LogP contribution in [-0.2, 0) is 20.7 Å². The van der Waals surface area contributed by atoms with E-state index in [9.17, 15) is 19.6 Å². The van der Waals surface area contributed by atoms with Crippen LogP contribution in [0.25, 0.3) is 10.9 Å². The quantitative estimate of drug-likeness (QED) is 0.415. The number of nitrogens with zero attached hydrogens (tertiary/aromatic N) is 3. The van der Waals surface area contributed by atoms with Gasteiger partial charge in [-0.1, -0.05) is 0 Å². The number of primary amides is 1. The Bertz CT molecular complexity index is 1410. The van der Waals surface area contributed by atoms with Gasteiger partial charge in [-0.2, -0.15) is 5.26 Å². The van der Waals surface area contributed by atoms with E-state index in [1.54, 1.807) is 51.2 Å². The minimum Gasteiger partial charge on any atom is -0.444 e. The molecule has 1 aliphatic rings. The molecule has 0 radical (unpaired) electrons. The molecule has 3 aromatic rings. The van der Waals surface area contributed by atoms with Crippen molar-refractivity contribution in [2.75, 3.05) is 11.6 Å². The number of rotatable bonds is 7. The second kappa shape index (κ2) is 11.0. The maximum absolute atomic E-state index is 13.6. The van der Waals surface area contributed by atoms with Crippen molar-refractivity contribution in [3.8, 4) is 17.7 Å². The molecular weight excluding hydrogens is 508 g/mol. The Hall–Kier alpha value is -4.24. The van der Waals surface area contributed by atoms with Crippen LogP contribution in [-0.4, -0.2) is 62.1 Å². The van der Waals surface area contributed by atoms with Crippen LogP contribution in [0.3, 0.4) is 0 Å². The number of H-pyrrole nitrogens is 1. The van der Waals surface area contributed by atoms with E-state index in [1.807, 2.05) is 12.1 Å².